The van der Waals surface area contributed by atoms with E-state index in [2.05, 4.69) is 54.5 Å². The van der Waals surface area contributed by atoms with E-state index < -0.39 is 0 Å². The highest BCUT2D eigenvalue weighted by Crippen LogP contribution is 2.19. The highest BCUT2D eigenvalue weighted by molar-refractivity contribution is 5.52. The molecule has 0 heterocycles. The lowest BCUT2D eigenvalue weighted by atomic mass is 9.96. The third-order valence-electron chi connectivity index (χ3n) is 3.76. The van der Waals surface area contributed by atoms with Gasteiger partial charge in [-0.05, 0) is 51.3 Å². The van der Waals surface area contributed by atoms with E-state index in [1.165, 1.54) is 11.3 Å². The maximum atomic E-state index is 9.22. The van der Waals surface area contributed by atoms with Crippen molar-refractivity contribution in [3.63, 3.8) is 0 Å². The lowest BCUT2D eigenvalue weighted by Gasteiger charge is -2.24. The molecule has 3 nitrogen and oxygen atoms in total. The molecular formula is C17H27N3. The number of aryl methyl sites for hydroxylation is 1. The molecule has 0 aromatic heterocycles. The number of benzene rings is 1. The number of unbranched alkanes of at least 4 members (excludes halogenated alkanes) is 1. The van der Waals surface area contributed by atoms with Gasteiger partial charge in [0.25, 0.3) is 0 Å². The molecule has 3 heteroatoms. The fraction of sp³-hybridized carbons (Fsp3) is 0.588. The van der Waals surface area contributed by atoms with Crippen LogP contribution in [0.4, 0.5) is 5.69 Å². The second kappa shape index (κ2) is 7.91. The number of para-hydroxylation sites is 1. The number of rotatable bonds is 8. The Morgan fingerprint density at radius 1 is 1.30 bits per heavy atom. The molecular weight excluding hydrogens is 246 g/mol. The fourth-order valence-electron chi connectivity index (χ4n) is 2.51. The minimum Gasteiger partial charge on any atom is -0.374 e. The predicted octanol–water partition coefficient (Wildman–Crippen LogP) is 3.49. The van der Waals surface area contributed by atoms with Crippen molar-refractivity contribution in [1.29, 1.82) is 5.26 Å². The Hall–Kier alpha value is -1.53. The van der Waals surface area contributed by atoms with Crippen LogP contribution in [0.5, 0.6) is 0 Å². The summed E-state index contributed by atoms with van der Waals surface area (Å²) in [5.41, 5.74) is 2.22. The smallest absolute Gasteiger partial charge is 0.103 e. The summed E-state index contributed by atoms with van der Waals surface area (Å²) in [6, 6.07) is 10.8. The Kier molecular flexibility index (Phi) is 6.54. The van der Waals surface area contributed by atoms with Crippen LogP contribution in [0, 0.1) is 18.3 Å². The first-order valence-corrected chi connectivity index (χ1v) is 7.45. The Labute approximate surface area is 123 Å². The molecule has 0 saturated heterocycles. The number of nitrogens with zero attached hydrogens (tertiary/aromatic N) is 2. The maximum absolute atomic E-state index is 9.22. The third kappa shape index (κ3) is 4.86. The molecule has 0 spiro atoms. The van der Waals surface area contributed by atoms with Crippen LogP contribution in [0.25, 0.3) is 0 Å². The van der Waals surface area contributed by atoms with Crippen molar-refractivity contribution in [3.8, 4) is 6.07 Å². The summed E-state index contributed by atoms with van der Waals surface area (Å²) in [5.74, 6) is 0. The highest BCUT2D eigenvalue weighted by Gasteiger charge is 2.21. The van der Waals surface area contributed by atoms with Gasteiger partial charge in [-0.3, -0.25) is 5.32 Å². The molecule has 110 valence electrons. The Morgan fingerprint density at radius 2 is 2.00 bits per heavy atom. The first-order chi connectivity index (χ1) is 9.52. The number of hydrogen-bond donors (Lipinski definition) is 1. The summed E-state index contributed by atoms with van der Waals surface area (Å²) in [5, 5.41) is 12.5. The van der Waals surface area contributed by atoms with Crippen molar-refractivity contribution in [2.45, 2.75) is 45.6 Å². The molecule has 0 aliphatic carbocycles. The minimum atomic E-state index is -0.379. The zero-order chi connectivity index (χ0) is 15.0. The number of nitrogens with one attached hydrogen (secondary N) is 1. The summed E-state index contributed by atoms with van der Waals surface area (Å²) in [6.45, 7) is 8.04. The number of hydrogen-bond acceptors (Lipinski definition) is 3. The average Bonchev–Trinajstić information content (AvgIpc) is 2.44. The second-order valence-corrected chi connectivity index (χ2v) is 5.64. The van der Waals surface area contributed by atoms with Crippen molar-refractivity contribution < 1.29 is 0 Å². The van der Waals surface area contributed by atoms with Crippen LogP contribution in [0.15, 0.2) is 24.3 Å². The van der Waals surface area contributed by atoms with Crippen molar-refractivity contribution in [2.75, 3.05) is 25.0 Å². The minimum absolute atomic E-state index is 0.379. The molecule has 0 bridgehead atoms. The van der Waals surface area contributed by atoms with Crippen LogP contribution < -0.4 is 10.2 Å². The lowest BCUT2D eigenvalue weighted by Crippen LogP contribution is -2.40. The molecule has 1 aromatic rings. The molecule has 0 radical (unpaired) electrons. The maximum Gasteiger partial charge on any atom is 0.103 e. The van der Waals surface area contributed by atoms with Crippen LogP contribution in [0.2, 0.25) is 0 Å². The van der Waals surface area contributed by atoms with Crippen LogP contribution >= 0.6 is 0 Å². The monoisotopic (exact) mass is 273 g/mol. The second-order valence-electron chi connectivity index (χ2n) is 5.64. The van der Waals surface area contributed by atoms with Crippen molar-refractivity contribution >= 4 is 5.69 Å². The lowest BCUT2D eigenvalue weighted by molar-refractivity contribution is 0.412. The first-order valence-electron chi connectivity index (χ1n) is 7.45. The predicted molar refractivity (Wildman–Crippen MR) is 86.0 cm³/mol. The Morgan fingerprint density at radius 3 is 2.60 bits per heavy atom. The van der Waals surface area contributed by atoms with E-state index in [-0.39, 0.29) is 5.54 Å². The summed E-state index contributed by atoms with van der Waals surface area (Å²) in [7, 11) is 2.14. The molecule has 1 aromatic carbocycles. The molecule has 0 aliphatic heterocycles. The van der Waals surface area contributed by atoms with E-state index in [0.717, 1.165) is 32.4 Å². The van der Waals surface area contributed by atoms with Crippen molar-refractivity contribution in [2.24, 2.45) is 0 Å². The molecule has 20 heavy (non-hydrogen) atoms. The van der Waals surface area contributed by atoms with E-state index in [9.17, 15) is 5.26 Å². The molecule has 1 atom stereocenters. The van der Waals surface area contributed by atoms with E-state index in [0.29, 0.717) is 0 Å². The van der Waals surface area contributed by atoms with E-state index in [1.54, 1.807) is 0 Å². The normalized spacial score (nSPS) is 13.6. The van der Waals surface area contributed by atoms with Crippen LogP contribution in [0.1, 0.15) is 38.7 Å². The highest BCUT2D eigenvalue weighted by atomic mass is 15.1. The topological polar surface area (TPSA) is 39.1 Å². The number of nitriles is 1. The Bertz CT molecular complexity index is 450. The van der Waals surface area contributed by atoms with Gasteiger partial charge in [-0.15, -0.1) is 0 Å². The zero-order valence-corrected chi connectivity index (χ0v) is 13.2. The van der Waals surface area contributed by atoms with Crippen LogP contribution in [-0.4, -0.2) is 25.7 Å². The molecule has 0 saturated carbocycles. The molecule has 1 rings (SSSR count). The van der Waals surface area contributed by atoms with Gasteiger partial charge in [-0.2, -0.15) is 5.26 Å². The SMILES string of the molecule is CCNC(C)(C#N)CCCCN(C)c1ccccc1C. The fourth-order valence-corrected chi connectivity index (χ4v) is 2.51. The van der Waals surface area contributed by atoms with Gasteiger partial charge in [-0.25, -0.2) is 0 Å². The van der Waals surface area contributed by atoms with Gasteiger partial charge in [0.15, 0.2) is 0 Å². The first kappa shape index (κ1) is 16.5. The summed E-state index contributed by atoms with van der Waals surface area (Å²) >= 11 is 0. The van der Waals surface area contributed by atoms with Crippen molar-refractivity contribution in [1.82, 2.24) is 5.32 Å². The van der Waals surface area contributed by atoms with Gasteiger partial charge in [-0.1, -0.05) is 25.1 Å². The molecule has 1 N–H and O–H groups in total. The number of anilines is 1. The quantitative estimate of drug-likeness (QED) is 0.737. The molecule has 1 unspecified atom stereocenters. The van der Waals surface area contributed by atoms with Gasteiger partial charge in [0.05, 0.1) is 6.07 Å². The van der Waals surface area contributed by atoms with Crippen molar-refractivity contribution in [3.05, 3.63) is 29.8 Å². The zero-order valence-electron chi connectivity index (χ0n) is 13.2. The standard InChI is InChI=1S/C17H27N3/c1-5-19-17(3,14-18)12-8-9-13-20(4)16-11-7-6-10-15(16)2/h6-7,10-11,19H,5,8-9,12-13H2,1-4H3. The third-order valence-corrected chi connectivity index (χ3v) is 3.76. The van der Waals surface area contributed by atoms with Gasteiger partial charge < -0.3 is 4.90 Å². The Balaban J connectivity index is 2.38. The van der Waals surface area contributed by atoms with E-state index in [4.69, 9.17) is 0 Å². The summed E-state index contributed by atoms with van der Waals surface area (Å²) < 4.78 is 0. The molecule has 0 aliphatic rings. The van der Waals surface area contributed by atoms with E-state index >= 15 is 0 Å². The van der Waals surface area contributed by atoms with Crippen LogP contribution in [0.3, 0.4) is 0 Å². The van der Waals surface area contributed by atoms with Gasteiger partial charge in [0.1, 0.15) is 5.54 Å². The largest absolute Gasteiger partial charge is 0.374 e. The summed E-state index contributed by atoms with van der Waals surface area (Å²) in [6.07, 6.45) is 3.07. The van der Waals surface area contributed by atoms with Gasteiger partial charge in [0.2, 0.25) is 0 Å². The van der Waals surface area contributed by atoms with Gasteiger partial charge >= 0.3 is 0 Å². The molecule has 0 amide bonds. The molecule has 0 fully saturated rings. The van der Waals surface area contributed by atoms with E-state index in [1.807, 2.05) is 13.8 Å². The summed E-state index contributed by atoms with van der Waals surface area (Å²) in [4.78, 5) is 2.30. The average molecular weight is 273 g/mol. The van der Waals surface area contributed by atoms with Gasteiger partial charge in [0, 0.05) is 19.3 Å². The van der Waals surface area contributed by atoms with Crippen LogP contribution in [-0.2, 0) is 0 Å².